The van der Waals surface area contributed by atoms with Crippen LogP contribution in [0.4, 0.5) is 4.79 Å². The summed E-state index contributed by atoms with van der Waals surface area (Å²) in [5.41, 5.74) is -0.533. The maximum Gasteiger partial charge on any atom is 0.410 e. The summed E-state index contributed by atoms with van der Waals surface area (Å²) in [6.45, 7) is 6.95. The van der Waals surface area contributed by atoms with Crippen LogP contribution in [0.3, 0.4) is 0 Å². The second-order valence-electron chi connectivity index (χ2n) is 8.97. The van der Waals surface area contributed by atoms with Gasteiger partial charge in [-0.25, -0.2) is 4.79 Å². The van der Waals surface area contributed by atoms with Crippen molar-refractivity contribution in [2.24, 2.45) is 0 Å². The molecule has 2 amide bonds. The van der Waals surface area contributed by atoms with Gasteiger partial charge in [-0.1, -0.05) is 12.1 Å². The minimum Gasteiger partial charge on any atom is -0.493 e. The molecule has 0 aliphatic carbocycles. The van der Waals surface area contributed by atoms with Crippen LogP contribution >= 0.6 is 0 Å². The molecule has 1 aromatic rings. The molecule has 0 bridgehead atoms. The first-order valence-electron chi connectivity index (χ1n) is 10.8. The van der Waals surface area contributed by atoms with E-state index in [-0.39, 0.29) is 30.7 Å². The molecule has 2 atom stereocenters. The predicted octanol–water partition coefficient (Wildman–Crippen LogP) is 3.85. The predicted molar refractivity (Wildman–Crippen MR) is 114 cm³/mol. The first-order valence-corrected chi connectivity index (χ1v) is 10.8. The zero-order valence-electron chi connectivity index (χ0n) is 18.6. The molecule has 2 fully saturated rings. The molecule has 0 spiro atoms. The van der Waals surface area contributed by atoms with Gasteiger partial charge in [0, 0.05) is 13.1 Å². The number of carbonyl (C=O) groups is 2. The highest BCUT2D eigenvalue weighted by atomic mass is 16.6. The van der Waals surface area contributed by atoms with E-state index in [0.29, 0.717) is 24.6 Å². The zero-order chi connectivity index (χ0) is 21.7. The third kappa shape index (κ3) is 5.37. The quantitative estimate of drug-likeness (QED) is 0.726. The van der Waals surface area contributed by atoms with E-state index >= 15 is 0 Å². The number of ether oxygens (including phenoxy) is 3. The lowest BCUT2D eigenvalue weighted by Crippen LogP contribution is -2.56. The van der Waals surface area contributed by atoms with E-state index in [0.717, 1.165) is 32.1 Å². The molecular formula is C23H34N2O5. The molecular weight excluding hydrogens is 384 g/mol. The summed E-state index contributed by atoms with van der Waals surface area (Å²) < 4.78 is 16.7. The third-order valence-corrected chi connectivity index (χ3v) is 5.66. The number of benzene rings is 1. The summed E-state index contributed by atoms with van der Waals surface area (Å²) in [6, 6.07) is 7.31. The maximum atomic E-state index is 13.1. The molecule has 0 radical (unpaired) electrons. The average molecular weight is 419 g/mol. The second-order valence-corrected chi connectivity index (χ2v) is 8.97. The molecule has 0 saturated carbocycles. The van der Waals surface area contributed by atoms with E-state index in [1.54, 1.807) is 19.2 Å². The molecule has 3 rings (SSSR count). The van der Waals surface area contributed by atoms with Gasteiger partial charge in [-0.15, -0.1) is 0 Å². The van der Waals surface area contributed by atoms with Crippen molar-refractivity contribution >= 4 is 12.0 Å². The lowest BCUT2D eigenvalue weighted by molar-refractivity contribution is -0.138. The van der Waals surface area contributed by atoms with Crippen molar-refractivity contribution in [3.05, 3.63) is 24.3 Å². The Bertz CT molecular complexity index is 745. The Balaban J connectivity index is 1.67. The Morgan fingerprint density at radius 2 is 1.60 bits per heavy atom. The van der Waals surface area contributed by atoms with Gasteiger partial charge >= 0.3 is 6.09 Å². The van der Waals surface area contributed by atoms with E-state index in [9.17, 15) is 9.59 Å². The number of likely N-dealkylation sites (tertiary alicyclic amines) is 2. The summed E-state index contributed by atoms with van der Waals surface area (Å²) in [4.78, 5) is 29.5. The fourth-order valence-electron chi connectivity index (χ4n) is 4.37. The van der Waals surface area contributed by atoms with Gasteiger partial charge in [0.1, 0.15) is 5.60 Å². The molecule has 0 N–H and O–H groups in total. The minimum atomic E-state index is -0.533. The average Bonchev–Trinajstić information content (AvgIpc) is 3.21. The Morgan fingerprint density at radius 1 is 0.967 bits per heavy atom. The first-order chi connectivity index (χ1) is 14.3. The number of nitrogens with zero attached hydrogens (tertiary/aromatic N) is 2. The Hall–Kier alpha value is -2.44. The van der Waals surface area contributed by atoms with E-state index < -0.39 is 5.60 Å². The van der Waals surface area contributed by atoms with Gasteiger partial charge in [0.15, 0.2) is 18.1 Å². The van der Waals surface area contributed by atoms with Crippen LogP contribution in [0.25, 0.3) is 0 Å². The van der Waals surface area contributed by atoms with Crippen LogP contribution in [0, 0.1) is 0 Å². The molecule has 166 valence electrons. The maximum absolute atomic E-state index is 13.1. The highest BCUT2D eigenvalue weighted by Crippen LogP contribution is 2.31. The van der Waals surface area contributed by atoms with Crippen molar-refractivity contribution < 1.29 is 23.8 Å². The van der Waals surface area contributed by atoms with Crippen molar-refractivity contribution in [3.63, 3.8) is 0 Å². The molecule has 2 saturated heterocycles. The highest BCUT2D eigenvalue weighted by Gasteiger charge is 2.41. The molecule has 2 aliphatic rings. The molecule has 1 aromatic carbocycles. The van der Waals surface area contributed by atoms with Crippen molar-refractivity contribution in [2.75, 3.05) is 26.8 Å². The van der Waals surface area contributed by atoms with Gasteiger partial charge in [0.25, 0.3) is 5.91 Å². The molecule has 30 heavy (non-hydrogen) atoms. The molecule has 2 heterocycles. The molecule has 0 unspecified atom stereocenters. The molecule has 7 nitrogen and oxygen atoms in total. The summed E-state index contributed by atoms with van der Waals surface area (Å²) in [5, 5.41) is 0. The largest absolute Gasteiger partial charge is 0.493 e. The summed E-state index contributed by atoms with van der Waals surface area (Å²) in [5.74, 6) is 1.10. The number of methoxy groups -OCH3 is 1. The van der Waals surface area contributed by atoms with E-state index in [4.69, 9.17) is 14.2 Å². The number of amides is 2. The summed E-state index contributed by atoms with van der Waals surface area (Å²) in [7, 11) is 1.58. The van der Waals surface area contributed by atoms with Crippen LogP contribution in [0.2, 0.25) is 0 Å². The third-order valence-electron chi connectivity index (χ3n) is 5.66. The van der Waals surface area contributed by atoms with Crippen molar-refractivity contribution in [3.8, 4) is 11.5 Å². The Labute approximate surface area is 179 Å². The van der Waals surface area contributed by atoms with E-state index in [1.807, 2.05) is 42.7 Å². The zero-order valence-corrected chi connectivity index (χ0v) is 18.6. The monoisotopic (exact) mass is 418 g/mol. The van der Waals surface area contributed by atoms with Crippen LogP contribution < -0.4 is 9.47 Å². The van der Waals surface area contributed by atoms with Gasteiger partial charge in [0.2, 0.25) is 0 Å². The Kier molecular flexibility index (Phi) is 7.10. The normalized spacial score (nSPS) is 22.0. The van der Waals surface area contributed by atoms with Crippen molar-refractivity contribution in [2.45, 2.75) is 70.6 Å². The number of hydrogen-bond acceptors (Lipinski definition) is 5. The van der Waals surface area contributed by atoms with Crippen LogP contribution in [-0.4, -0.2) is 66.3 Å². The van der Waals surface area contributed by atoms with Crippen LogP contribution in [0.15, 0.2) is 24.3 Å². The standard InChI is InChI=1S/C23H34N2O5/c1-23(2,3)30-22(27)25-15-9-11-18(25)17-10-7-8-14-24(17)21(26)16-29-20-13-6-5-12-19(20)28-4/h5-6,12-13,17-18H,7-11,14-16H2,1-4H3/t17-,18+/m0/s1. The smallest absolute Gasteiger partial charge is 0.410 e. The fourth-order valence-corrected chi connectivity index (χ4v) is 4.37. The minimum absolute atomic E-state index is 0.00235. The van der Waals surface area contributed by atoms with Gasteiger partial charge in [-0.2, -0.15) is 0 Å². The number of hydrogen-bond donors (Lipinski definition) is 0. The Morgan fingerprint density at radius 3 is 2.30 bits per heavy atom. The summed E-state index contributed by atoms with van der Waals surface area (Å²) in [6.07, 6.45) is 4.45. The van der Waals surface area contributed by atoms with Crippen molar-refractivity contribution in [1.82, 2.24) is 9.80 Å². The SMILES string of the molecule is COc1ccccc1OCC(=O)N1CCCC[C@H]1[C@H]1CCCN1C(=O)OC(C)(C)C. The van der Waals surface area contributed by atoms with Crippen LogP contribution in [0.1, 0.15) is 52.9 Å². The number of carbonyl (C=O) groups excluding carboxylic acids is 2. The topological polar surface area (TPSA) is 68.3 Å². The summed E-state index contributed by atoms with van der Waals surface area (Å²) >= 11 is 0. The number of para-hydroxylation sites is 2. The van der Waals surface area contributed by atoms with Crippen LogP contribution in [0.5, 0.6) is 11.5 Å². The fraction of sp³-hybridized carbons (Fsp3) is 0.652. The molecule has 2 aliphatic heterocycles. The molecule has 7 heteroatoms. The second kappa shape index (κ2) is 9.58. The lowest BCUT2D eigenvalue weighted by Gasteiger charge is -2.42. The number of rotatable bonds is 5. The van der Waals surface area contributed by atoms with Gasteiger partial charge in [-0.05, 0) is 65.0 Å². The van der Waals surface area contributed by atoms with Gasteiger partial charge in [-0.3, -0.25) is 4.79 Å². The van der Waals surface area contributed by atoms with E-state index in [2.05, 4.69) is 0 Å². The molecule has 0 aromatic heterocycles. The van der Waals surface area contributed by atoms with Gasteiger partial charge in [0.05, 0.1) is 19.2 Å². The first kappa shape index (κ1) is 22.2. The van der Waals surface area contributed by atoms with Gasteiger partial charge < -0.3 is 24.0 Å². The van der Waals surface area contributed by atoms with E-state index in [1.165, 1.54) is 0 Å². The van der Waals surface area contributed by atoms with Crippen molar-refractivity contribution in [1.29, 1.82) is 0 Å². The highest BCUT2D eigenvalue weighted by molar-refractivity contribution is 5.78. The number of piperidine rings is 1. The lowest BCUT2D eigenvalue weighted by atomic mass is 9.94. The van der Waals surface area contributed by atoms with Crippen LogP contribution in [-0.2, 0) is 9.53 Å².